The van der Waals surface area contributed by atoms with Gasteiger partial charge in [0.25, 0.3) is 5.00 Å². The van der Waals surface area contributed by atoms with Crippen molar-refractivity contribution >= 4 is 25.8 Å². The molecular weight excluding hydrogens is 266 g/mol. The van der Waals surface area contributed by atoms with Crippen LogP contribution in [0.5, 0.6) is 0 Å². The van der Waals surface area contributed by atoms with Crippen molar-refractivity contribution in [3.05, 3.63) is 22.7 Å². The molecule has 0 aromatic rings. The molecule has 0 aromatic carbocycles. The first-order valence-corrected chi connectivity index (χ1v) is 6.05. The van der Waals surface area contributed by atoms with E-state index in [0.717, 1.165) is 6.08 Å². The minimum absolute atomic E-state index is 0.217. The summed E-state index contributed by atoms with van der Waals surface area (Å²) in [4.78, 5) is 0. The molecule has 1 aliphatic rings. The van der Waals surface area contributed by atoms with E-state index in [-0.39, 0.29) is 4.48 Å². The lowest BCUT2D eigenvalue weighted by molar-refractivity contribution is 0.202. The highest BCUT2D eigenvalue weighted by molar-refractivity contribution is 9.11. The van der Waals surface area contributed by atoms with Crippen LogP contribution in [0.15, 0.2) is 22.7 Å². The third kappa shape index (κ3) is 1.83. The number of rotatable bonds is 1. The Kier molecular flexibility index (Phi) is 2.64. The van der Waals surface area contributed by atoms with E-state index in [9.17, 15) is 17.2 Å². The number of halogens is 3. The quantitative estimate of drug-likeness (QED) is 0.731. The van der Waals surface area contributed by atoms with Crippen LogP contribution in [0.1, 0.15) is 0 Å². The van der Waals surface area contributed by atoms with Crippen LogP contribution in [0.4, 0.5) is 8.78 Å². The molecule has 0 N–H and O–H groups in total. The van der Waals surface area contributed by atoms with Crippen LogP contribution >= 0.6 is 15.9 Å². The molecule has 2 atom stereocenters. The molecule has 0 radical (unpaired) electrons. The Bertz CT molecular complexity index is 374. The molecule has 13 heavy (non-hydrogen) atoms. The van der Waals surface area contributed by atoms with Gasteiger partial charge in [-0.3, -0.25) is 0 Å². The topological polar surface area (TPSA) is 34.1 Å². The molecule has 6 heteroatoms. The van der Waals surface area contributed by atoms with Crippen LogP contribution < -0.4 is 0 Å². The summed E-state index contributed by atoms with van der Waals surface area (Å²) in [5, 5.41) is -2.94. The van der Waals surface area contributed by atoms with Gasteiger partial charge in [-0.25, -0.2) is 17.2 Å². The van der Waals surface area contributed by atoms with E-state index in [0.29, 0.717) is 12.3 Å². The van der Waals surface area contributed by atoms with Crippen molar-refractivity contribution in [3.8, 4) is 0 Å². The average molecular weight is 273 g/mol. The Morgan fingerprint density at radius 1 is 1.62 bits per heavy atom. The first-order chi connectivity index (χ1) is 5.77. The monoisotopic (exact) mass is 272 g/mol. The van der Waals surface area contributed by atoms with E-state index < -0.39 is 21.0 Å². The zero-order valence-corrected chi connectivity index (χ0v) is 9.07. The van der Waals surface area contributed by atoms with Gasteiger partial charge in [0.1, 0.15) is 0 Å². The lowest BCUT2D eigenvalue weighted by Crippen LogP contribution is -2.41. The largest absolute Gasteiger partial charge is 0.264 e. The molecular formula is C7H7BrF2O2S. The fourth-order valence-corrected chi connectivity index (χ4v) is 2.40. The highest BCUT2D eigenvalue weighted by Crippen LogP contribution is 2.34. The van der Waals surface area contributed by atoms with E-state index in [1.54, 1.807) is 0 Å². The zero-order chi connectivity index (χ0) is 10.3. The maximum absolute atomic E-state index is 13.6. The van der Waals surface area contributed by atoms with Crippen molar-refractivity contribution in [2.45, 2.75) is 11.2 Å². The second kappa shape index (κ2) is 3.16. The minimum Gasteiger partial charge on any atom is -0.238 e. The summed E-state index contributed by atoms with van der Waals surface area (Å²) in [5.74, 6) is 0. The number of sulfone groups is 1. The van der Waals surface area contributed by atoms with Gasteiger partial charge in [0, 0.05) is 10.7 Å². The Balaban J connectivity index is 3.25. The van der Waals surface area contributed by atoms with Crippen LogP contribution in [0.3, 0.4) is 0 Å². The molecule has 2 unspecified atom stereocenters. The first kappa shape index (κ1) is 10.8. The van der Waals surface area contributed by atoms with Gasteiger partial charge in [-0.2, -0.15) is 0 Å². The summed E-state index contributed by atoms with van der Waals surface area (Å²) >= 11 is 2.89. The van der Waals surface area contributed by atoms with Crippen molar-refractivity contribution in [1.29, 1.82) is 0 Å². The van der Waals surface area contributed by atoms with E-state index in [1.807, 2.05) is 0 Å². The van der Waals surface area contributed by atoms with Gasteiger partial charge in [0.05, 0.1) is 0 Å². The smallest absolute Gasteiger partial charge is 0.238 e. The number of allylic oxidation sites excluding steroid dienone is 3. The van der Waals surface area contributed by atoms with Crippen molar-refractivity contribution in [2.75, 3.05) is 6.26 Å². The normalized spacial score (nSPS) is 34.5. The Hall–Kier alpha value is -0.230. The molecule has 0 spiro atoms. The summed E-state index contributed by atoms with van der Waals surface area (Å²) in [6, 6.07) is 0. The van der Waals surface area contributed by atoms with Gasteiger partial charge in [-0.15, -0.1) is 0 Å². The van der Waals surface area contributed by atoms with E-state index in [2.05, 4.69) is 15.9 Å². The third-order valence-corrected chi connectivity index (χ3v) is 3.68. The molecule has 0 heterocycles. The highest BCUT2D eigenvalue weighted by atomic mass is 79.9. The minimum atomic E-state index is -4.11. The molecule has 0 aromatic heterocycles. The van der Waals surface area contributed by atoms with Gasteiger partial charge in [0.15, 0.2) is 16.0 Å². The van der Waals surface area contributed by atoms with Crippen LogP contribution in [-0.2, 0) is 9.84 Å². The van der Waals surface area contributed by atoms with Crippen molar-refractivity contribution in [2.24, 2.45) is 0 Å². The first-order valence-electron chi connectivity index (χ1n) is 3.36. The highest BCUT2D eigenvalue weighted by Gasteiger charge is 2.47. The molecule has 0 aliphatic heterocycles. The standard InChI is InChI=1S/C7H7BrF2O2S/c1-13(11,12)7(10)4-5(8)2-3-6(7)9/h2-4,6H,1H3. The van der Waals surface area contributed by atoms with E-state index in [4.69, 9.17) is 0 Å². The van der Waals surface area contributed by atoms with Crippen LogP contribution in [0, 0.1) is 0 Å². The maximum Gasteiger partial charge on any atom is 0.264 e. The Morgan fingerprint density at radius 3 is 2.54 bits per heavy atom. The average Bonchev–Trinajstić information content (AvgIpc) is 1.95. The summed E-state index contributed by atoms with van der Waals surface area (Å²) in [5.41, 5.74) is 0. The number of hydrogen-bond donors (Lipinski definition) is 0. The summed E-state index contributed by atoms with van der Waals surface area (Å²) in [7, 11) is -4.11. The van der Waals surface area contributed by atoms with Crippen molar-refractivity contribution in [3.63, 3.8) is 0 Å². The zero-order valence-electron chi connectivity index (χ0n) is 6.67. The molecule has 74 valence electrons. The van der Waals surface area contributed by atoms with Crippen LogP contribution in [-0.4, -0.2) is 25.8 Å². The van der Waals surface area contributed by atoms with E-state index >= 15 is 0 Å². The fraction of sp³-hybridized carbons (Fsp3) is 0.429. The molecule has 0 bridgehead atoms. The lowest BCUT2D eigenvalue weighted by atomic mass is 10.1. The summed E-state index contributed by atoms with van der Waals surface area (Å²) in [6.07, 6.45) is 1.37. The SMILES string of the molecule is CS(=O)(=O)C1(F)C=C(Br)C=CC1F. The van der Waals surface area contributed by atoms with Crippen molar-refractivity contribution in [1.82, 2.24) is 0 Å². The molecule has 1 rings (SSSR count). The van der Waals surface area contributed by atoms with Crippen LogP contribution in [0.25, 0.3) is 0 Å². The Labute approximate surface area is 83.4 Å². The van der Waals surface area contributed by atoms with Gasteiger partial charge in [0.2, 0.25) is 0 Å². The van der Waals surface area contributed by atoms with Gasteiger partial charge in [-0.1, -0.05) is 15.9 Å². The summed E-state index contributed by atoms with van der Waals surface area (Å²) in [6.45, 7) is 0. The molecule has 0 saturated heterocycles. The number of alkyl halides is 2. The predicted octanol–water partition coefficient (Wildman–Crippen LogP) is 1.88. The van der Waals surface area contributed by atoms with Crippen molar-refractivity contribution < 1.29 is 17.2 Å². The third-order valence-electron chi connectivity index (χ3n) is 1.70. The Morgan fingerprint density at radius 2 is 2.15 bits per heavy atom. The van der Waals surface area contributed by atoms with E-state index in [1.165, 1.54) is 6.08 Å². The van der Waals surface area contributed by atoms with Gasteiger partial charge < -0.3 is 0 Å². The molecule has 1 aliphatic carbocycles. The lowest BCUT2D eigenvalue weighted by Gasteiger charge is -2.24. The van der Waals surface area contributed by atoms with Gasteiger partial charge >= 0.3 is 0 Å². The predicted molar refractivity (Wildman–Crippen MR) is 49.7 cm³/mol. The van der Waals surface area contributed by atoms with Gasteiger partial charge in [-0.05, 0) is 18.2 Å². The second-order valence-corrected chi connectivity index (χ2v) is 5.85. The summed E-state index contributed by atoms with van der Waals surface area (Å²) < 4.78 is 48.7. The molecule has 0 saturated carbocycles. The molecule has 0 amide bonds. The maximum atomic E-state index is 13.6. The number of hydrogen-bond acceptors (Lipinski definition) is 2. The fourth-order valence-electron chi connectivity index (χ4n) is 0.935. The molecule has 2 nitrogen and oxygen atoms in total. The molecule has 0 fully saturated rings. The second-order valence-electron chi connectivity index (χ2n) is 2.76. The van der Waals surface area contributed by atoms with Crippen LogP contribution in [0.2, 0.25) is 0 Å².